The monoisotopic (exact) mass is 392 g/mol. The molecular weight excluding hydrogens is 368 g/mol. The molecule has 2 N–H and O–H groups in total. The van der Waals surface area contributed by atoms with E-state index in [1.54, 1.807) is 43.8 Å². The second kappa shape index (κ2) is 7.87. The molecule has 0 aliphatic carbocycles. The molecule has 150 valence electrons. The lowest BCUT2D eigenvalue weighted by atomic mass is 9.99. The summed E-state index contributed by atoms with van der Waals surface area (Å²) in [6.07, 6.45) is 1.75. The van der Waals surface area contributed by atoms with Crippen molar-refractivity contribution in [2.75, 3.05) is 5.32 Å². The summed E-state index contributed by atoms with van der Waals surface area (Å²) >= 11 is 0. The predicted molar refractivity (Wildman–Crippen MR) is 114 cm³/mol. The van der Waals surface area contributed by atoms with Crippen LogP contribution in [0.2, 0.25) is 0 Å². The Kier molecular flexibility index (Phi) is 5.50. The first-order valence-corrected chi connectivity index (χ1v) is 9.36. The van der Waals surface area contributed by atoms with Crippen molar-refractivity contribution in [2.45, 2.75) is 27.7 Å². The van der Waals surface area contributed by atoms with E-state index in [1.165, 1.54) is 0 Å². The summed E-state index contributed by atoms with van der Waals surface area (Å²) in [5, 5.41) is 5.79. The van der Waals surface area contributed by atoms with Gasteiger partial charge >= 0.3 is 6.03 Å². The number of nitrogens with zero attached hydrogens (tertiary/aromatic N) is 2. The topological polar surface area (TPSA) is 93.1 Å². The molecule has 1 aromatic carbocycles. The average molecular weight is 392 g/mol. The predicted octanol–water partition coefficient (Wildman–Crippen LogP) is 3.52. The van der Waals surface area contributed by atoms with Crippen molar-refractivity contribution in [1.82, 2.24) is 14.9 Å². The van der Waals surface area contributed by atoms with Gasteiger partial charge in [0.2, 0.25) is 5.91 Å². The summed E-state index contributed by atoms with van der Waals surface area (Å²) in [7, 11) is 1.73. The fraction of sp³-hybridized carbons (Fsp3) is 0.273. The molecule has 3 amide bonds. The molecule has 0 fully saturated rings. The maximum atomic E-state index is 13.0. The third-order valence-corrected chi connectivity index (χ3v) is 4.79. The van der Waals surface area contributed by atoms with Gasteiger partial charge in [0.25, 0.3) is 5.56 Å². The third kappa shape index (κ3) is 4.18. The number of rotatable bonds is 3. The lowest BCUT2D eigenvalue weighted by molar-refractivity contribution is -0.122. The van der Waals surface area contributed by atoms with Crippen LogP contribution >= 0.6 is 0 Å². The van der Waals surface area contributed by atoms with Gasteiger partial charge in [0, 0.05) is 41.5 Å². The smallest absolute Gasteiger partial charge is 0.311 e. The summed E-state index contributed by atoms with van der Waals surface area (Å²) in [5.41, 5.74) is 4.12. The van der Waals surface area contributed by atoms with Gasteiger partial charge in [0.1, 0.15) is 0 Å². The normalized spacial score (nSPS) is 11.0. The number of carbonyl (C=O) groups is 2. The Morgan fingerprint density at radius 2 is 1.79 bits per heavy atom. The number of carbonyl (C=O) groups excluding carboxylic acids is 2. The second-order valence-corrected chi connectivity index (χ2v) is 7.43. The number of fused-ring (bicyclic) bond motifs is 1. The first kappa shape index (κ1) is 20.3. The van der Waals surface area contributed by atoms with E-state index in [-0.39, 0.29) is 17.4 Å². The molecular formula is C22H24N4O3. The van der Waals surface area contributed by atoms with Crippen molar-refractivity contribution in [3.8, 4) is 11.1 Å². The van der Waals surface area contributed by atoms with Gasteiger partial charge in [-0.2, -0.15) is 0 Å². The van der Waals surface area contributed by atoms with E-state index in [4.69, 9.17) is 0 Å². The van der Waals surface area contributed by atoms with Crippen LogP contribution in [0.4, 0.5) is 10.5 Å². The van der Waals surface area contributed by atoms with Crippen molar-refractivity contribution in [3.63, 3.8) is 0 Å². The van der Waals surface area contributed by atoms with Gasteiger partial charge in [-0.05, 0) is 49.2 Å². The number of aromatic nitrogens is 2. The van der Waals surface area contributed by atoms with Crippen LogP contribution in [-0.4, -0.2) is 21.5 Å². The van der Waals surface area contributed by atoms with Crippen molar-refractivity contribution < 1.29 is 9.59 Å². The molecule has 0 atom stereocenters. The number of nitrogens with one attached hydrogen (secondary N) is 2. The summed E-state index contributed by atoms with van der Waals surface area (Å²) < 4.78 is 1.60. The second-order valence-electron chi connectivity index (χ2n) is 7.43. The highest BCUT2D eigenvalue weighted by molar-refractivity contribution is 6.02. The minimum Gasteiger partial charge on any atom is -0.311 e. The number of benzene rings is 1. The SMILES string of the molecule is Cc1cc2c(cn1)cc(-c1cc(NC(=O)NC(=O)C(C)C)ccc1C)c(=O)n2C. The highest BCUT2D eigenvalue weighted by Crippen LogP contribution is 2.26. The summed E-state index contributed by atoms with van der Waals surface area (Å²) in [6.45, 7) is 7.20. The van der Waals surface area contributed by atoms with Gasteiger partial charge in [-0.25, -0.2) is 4.79 Å². The van der Waals surface area contributed by atoms with Gasteiger partial charge in [0.05, 0.1) is 5.52 Å². The minimum atomic E-state index is -0.607. The standard InChI is InChI=1S/C22H24N4O3/c1-12(2)20(27)25-22(29)24-16-7-6-13(3)17(10-16)18-9-15-11-23-14(4)8-19(15)26(5)21(18)28/h6-12H,1-5H3,(H2,24,25,27,29). The van der Waals surface area contributed by atoms with Crippen LogP contribution in [0.15, 0.2) is 41.3 Å². The van der Waals surface area contributed by atoms with Crippen LogP contribution in [-0.2, 0) is 11.8 Å². The number of hydrogen-bond donors (Lipinski definition) is 2. The number of pyridine rings is 2. The highest BCUT2D eigenvalue weighted by Gasteiger charge is 2.15. The molecule has 0 unspecified atom stereocenters. The number of urea groups is 1. The number of anilines is 1. The zero-order valence-corrected chi connectivity index (χ0v) is 17.2. The quantitative estimate of drug-likeness (QED) is 0.713. The van der Waals surface area contributed by atoms with E-state index in [0.29, 0.717) is 16.8 Å². The first-order chi connectivity index (χ1) is 13.7. The molecule has 0 spiro atoms. The van der Waals surface area contributed by atoms with E-state index < -0.39 is 6.03 Å². The highest BCUT2D eigenvalue weighted by atomic mass is 16.2. The van der Waals surface area contributed by atoms with Crippen LogP contribution in [0.3, 0.4) is 0 Å². The fourth-order valence-corrected chi connectivity index (χ4v) is 3.07. The van der Waals surface area contributed by atoms with Crippen molar-refractivity contribution in [2.24, 2.45) is 13.0 Å². The number of amides is 3. The molecule has 7 heteroatoms. The summed E-state index contributed by atoms with van der Waals surface area (Å²) in [6, 6.07) is 8.38. The molecule has 3 aromatic rings. The zero-order valence-electron chi connectivity index (χ0n) is 17.2. The van der Waals surface area contributed by atoms with E-state index in [1.807, 2.05) is 32.0 Å². The Bertz CT molecular complexity index is 1180. The Balaban J connectivity index is 2.02. The van der Waals surface area contributed by atoms with Gasteiger partial charge < -0.3 is 9.88 Å². The number of aryl methyl sites for hydroxylation is 3. The Morgan fingerprint density at radius 1 is 1.07 bits per heavy atom. The molecule has 7 nitrogen and oxygen atoms in total. The molecule has 0 aliphatic rings. The number of hydrogen-bond acceptors (Lipinski definition) is 4. The minimum absolute atomic E-state index is 0.136. The van der Waals surface area contributed by atoms with Crippen LogP contribution in [0.1, 0.15) is 25.1 Å². The van der Waals surface area contributed by atoms with Crippen LogP contribution < -0.4 is 16.2 Å². The average Bonchev–Trinajstić information content (AvgIpc) is 2.66. The molecule has 2 aromatic heterocycles. The Labute approximate surface area is 168 Å². The molecule has 0 radical (unpaired) electrons. The molecule has 2 heterocycles. The van der Waals surface area contributed by atoms with E-state index in [9.17, 15) is 14.4 Å². The van der Waals surface area contributed by atoms with Crippen LogP contribution in [0.5, 0.6) is 0 Å². The van der Waals surface area contributed by atoms with Crippen molar-refractivity contribution in [1.29, 1.82) is 0 Å². The summed E-state index contributed by atoms with van der Waals surface area (Å²) in [4.78, 5) is 41.1. The Hall–Kier alpha value is -3.48. The first-order valence-electron chi connectivity index (χ1n) is 9.36. The lowest BCUT2D eigenvalue weighted by Crippen LogP contribution is -2.36. The maximum Gasteiger partial charge on any atom is 0.325 e. The van der Waals surface area contributed by atoms with Crippen LogP contribution in [0.25, 0.3) is 22.0 Å². The van der Waals surface area contributed by atoms with E-state index in [2.05, 4.69) is 15.6 Å². The molecule has 29 heavy (non-hydrogen) atoms. The molecule has 3 rings (SSSR count). The zero-order chi connectivity index (χ0) is 21.3. The summed E-state index contributed by atoms with van der Waals surface area (Å²) in [5.74, 6) is -0.659. The molecule has 0 aliphatic heterocycles. The largest absolute Gasteiger partial charge is 0.325 e. The van der Waals surface area contributed by atoms with E-state index in [0.717, 1.165) is 22.2 Å². The maximum absolute atomic E-state index is 13.0. The molecule has 0 saturated carbocycles. The van der Waals surface area contributed by atoms with Gasteiger partial charge in [0.15, 0.2) is 0 Å². The molecule has 0 saturated heterocycles. The molecule has 0 bridgehead atoms. The van der Waals surface area contributed by atoms with Gasteiger partial charge in [-0.3, -0.25) is 19.9 Å². The van der Waals surface area contributed by atoms with Gasteiger partial charge in [-0.1, -0.05) is 19.9 Å². The van der Waals surface area contributed by atoms with Gasteiger partial charge in [-0.15, -0.1) is 0 Å². The van der Waals surface area contributed by atoms with Crippen molar-refractivity contribution in [3.05, 3.63) is 58.1 Å². The third-order valence-electron chi connectivity index (χ3n) is 4.79. The lowest BCUT2D eigenvalue weighted by Gasteiger charge is -2.13. The number of imide groups is 1. The van der Waals surface area contributed by atoms with E-state index >= 15 is 0 Å². The Morgan fingerprint density at radius 3 is 2.48 bits per heavy atom. The van der Waals surface area contributed by atoms with Crippen LogP contribution in [0, 0.1) is 19.8 Å². The van der Waals surface area contributed by atoms with Crippen molar-refractivity contribution >= 4 is 28.5 Å². The fourth-order valence-electron chi connectivity index (χ4n) is 3.07.